The molecule has 0 atom stereocenters. The minimum atomic E-state index is -0.421. The van der Waals surface area contributed by atoms with Crippen LogP contribution in [-0.2, 0) is 16.1 Å². The number of hydrogen-bond donors (Lipinski definition) is 1. The standard InChI is InChI=1S/C20H38N4O3.C17H15ClN4S/c1-17(25)21-8-5-9-22-12-14-23(15-13-22)16-18-6-10-24(11-7-18)19(26)27-20(2,3)4;1-9-10(2)23-17-15(9)16(12-4-6-13(18)7-5-12)19-8-14-21-20-11(3)22(14)17/h18H,5-16H2,1-4H3,(H,21,25);4-7H,8H2,1-3H3. The summed E-state index contributed by atoms with van der Waals surface area (Å²) in [5.74, 6) is 2.51. The number of carbonyl (C=O) groups excluding carboxylic acids is 2. The van der Waals surface area contributed by atoms with Gasteiger partial charge in [0.25, 0.3) is 0 Å². The topological polar surface area (TPSA) is 108 Å². The Bertz CT molecular complexity index is 1650. The van der Waals surface area contributed by atoms with Crippen LogP contribution >= 0.6 is 22.9 Å². The molecule has 0 bridgehead atoms. The number of aryl methyl sites for hydroxylation is 2. The third-order valence-corrected chi connectivity index (χ3v) is 10.9. The Balaban J connectivity index is 0.000000196. The zero-order chi connectivity index (χ0) is 36.0. The lowest BCUT2D eigenvalue weighted by Crippen LogP contribution is -2.49. The van der Waals surface area contributed by atoms with Crippen LogP contribution in [0, 0.1) is 26.7 Å². The van der Waals surface area contributed by atoms with Crippen LogP contribution in [0.1, 0.15) is 80.2 Å². The first-order chi connectivity index (χ1) is 23.8. The molecular weight excluding hydrogens is 672 g/mol. The summed E-state index contributed by atoms with van der Waals surface area (Å²) in [6.45, 7) is 23.2. The van der Waals surface area contributed by atoms with Crippen molar-refractivity contribution in [1.29, 1.82) is 0 Å². The Morgan fingerprint density at radius 2 is 1.64 bits per heavy atom. The fourth-order valence-electron chi connectivity index (χ4n) is 6.64. The molecule has 2 fully saturated rings. The highest BCUT2D eigenvalue weighted by atomic mass is 35.5. The zero-order valence-corrected chi connectivity index (χ0v) is 32.3. The Labute approximate surface area is 306 Å². The quantitative estimate of drug-likeness (QED) is 0.297. The van der Waals surface area contributed by atoms with Crippen molar-refractivity contribution in [2.24, 2.45) is 10.9 Å². The van der Waals surface area contributed by atoms with Gasteiger partial charge in [-0.3, -0.25) is 14.4 Å². The van der Waals surface area contributed by atoms with Crippen molar-refractivity contribution < 1.29 is 14.3 Å². The monoisotopic (exact) mass is 724 g/mol. The number of aromatic nitrogens is 3. The fraction of sp³-hybridized carbons (Fsp3) is 0.595. The van der Waals surface area contributed by atoms with Gasteiger partial charge in [-0.25, -0.2) is 4.79 Å². The van der Waals surface area contributed by atoms with Crippen molar-refractivity contribution in [1.82, 2.24) is 34.8 Å². The maximum atomic E-state index is 12.2. The van der Waals surface area contributed by atoms with Gasteiger partial charge in [-0.2, -0.15) is 0 Å². The van der Waals surface area contributed by atoms with Gasteiger partial charge in [0, 0.05) is 80.3 Å². The summed E-state index contributed by atoms with van der Waals surface area (Å²) in [5.41, 5.74) is 4.10. The van der Waals surface area contributed by atoms with E-state index in [1.807, 2.05) is 56.9 Å². The summed E-state index contributed by atoms with van der Waals surface area (Å²) in [7, 11) is 0. The SMILES string of the molecule is CC(=O)NCCCN1CCN(CC2CCN(C(=O)OC(C)(C)C)CC2)CC1.Cc1sc2c(c1C)C(c1ccc(Cl)cc1)=NCc1nnc(C)n1-2. The number of benzene rings is 1. The summed E-state index contributed by atoms with van der Waals surface area (Å²) in [6.07, 6.45) is 2.98. The fourth-order valence-corrected chi connectivity index (χ4v) is 7.99. The molecule has 1 aromatic carbocycles. The first-order valence-corrected chi connectivity index (χ1v) is 19.0. The maximum absolute atomic E-state index is 12.2. The van der Waals surface area contributed by atoms with Crippen molar-refractivity contribution in [2.75, 3.05) is 58.9 Å². The van der Waals surface area contributed by atoms with Gasteiger partial charge < -0.3 is 24.8 Å². The van der Waals surface area contributed by atoms with Crippen LogP contribution < -0.4 is 5.32 Å². The van der Waals surface area contributed by atoms with Gasteiger partial charge in [-0.1, -0.05) is 23.7 Å². The van der Waals surface area contributed by atoms with Gasteiger partial charge in [-0.15, -0.1) is 21.5 Å². The predicted octanol–water partition coefficient (Wildman–Crippen LogP) is 6.04. The first kappa shape index (κ1) is 37.9. The van der Waals surface area contributed by atoms with Crippen LogP contribution in [0.2, 0.25) is 5.02 Å². The number of carbonyl (C=O) groups is 2. The molecule has 1 N–H and O–H groups in total. The van der Waals surface area contributed by atoms with Crippen molar-refractivity contribution in [3.63, 3.8) is 0 Å². The summed E-state index contributed by atoms with van der Waals surface area (Å²) in [5, 5.41) is 13.3. The minimum absolute atomic E-state index is 0.0533. The molecule has 272 valence electrons. The van der Waals surface area contributed by atoms with E-state index in [0.717, 1.165) is 111 Å². The van der Waals surface area contributed by atoms with E-state index in [1.165, 1.54) is 16.0 Å². The number of nitrogens with zero attached hydrogens (tertiary/aromatic N) is 7. The second kappa shape index (κ2) is 16.8. The van der Waals surface area contributed by atoms with Gasteiger partial charge in [0.1, 0.15) is 23.0 Å². The number of piperidine rings is 1. The van der Waals surface area contributed by atoms with Crippen molar-refractivity contribution in [2.45, 2.75) is 79.9 Å². The summed E-state index contributed by atoms with van der Waals surface area (Å²) < 4.78 is 7.61. The molecular formula is C37H53ClN8O3S. The summed E-state index contributed by atoms with van der Waals surface area (Å²) >= 11 is 7.80. The van der Waals surface area contributed by atoms with Crippen LogP contribution in [0.25, 0.3) is 5.00 Å². The number of halogens is 1. The molecule has 6 rings (SSSR count). The average molecular weight is 725 g/mol. The highest BCUT2D eigenvalue weighted by Gasteiger charge is 2.29. The van der Waals surface area contributed by atoms with Crippen LogP contribution in [0.15, 0.2) is 29.3 Å². The number of aliphatic imine (C=N–C) groups is 1. The van der Waals surface area contributed by atoms with Gasteiger partial charge >= 0.3 is 6.09 Å². The van der Waals surface area contributed by atoms with Crippen LogP contribution in [0.5, 0.6) is 0 Å². The number of nitrogens with one attached hydrogen (secondary N) is 1. The second-order valence-electron chi connectivity index (χ2n) is 14.5. The molecule has 2 amide bonds. The number of hydrogen-bond acceptors (Lipinski definition) is 9. The Morgan fingerprint density at radius 3 is 2.28 bits per heavy atom. The first-order valence-electron chi connectivity index (χ1n) is 17.8. The van der Waals surface area contributed by atoms with E-state index in [4.69, 9.17) is 21.3 Å². The van der Waals surface area contributed by atoms with Gasteiger partial charge in [0.15, 0.2) is 5.82 Å². The third kappa shape index (κ3) is 9.92. The van der Waals surface area contributed by atoms with E-state index in [9.17, 15) is 9.59 Å². The smallest absolute Gasteiger partial charge is 0.410 e. The molecule has 3 aromatic rings. The Hall–Kier alpha value is -3.32. The lowest BCUT2D eigenvalue weighted by Gasteiger charge is -2.39. The highest BCUT2D eigenvalue weighted by molar-refractivity contribution is 7.15. The summed E-state index contributed by atoms with van der Waals surface area (Å²) in [6, 6.07) is 7.86. The van der Waals surface area contributed by atoms with E-state index >= 15 is 0 Å². The molecule has 0 radical (unpaired) electrons. The number of rotatable bonds is 7. The van der Waals surface area contributed by atoms with Crippen molar-refractivity contribution >= 4 is 40.6 Å². The molecule has 13 heteroatoms. The van der Waals surface area contributed by atoms with Gasteiger partial charge in [0.05, 0.1) is 5.71 Å². The zero-order valence-electron chi connectivity index (χ0n) is 30.7. The van der Waals surface area contributed by atoms with E-state index in [0.29, 0.717) is 12.5 Å². The average Bonchev–Trinajstić information content (AvgIpc) is 3.52. The van der Waals surface area contributed by atoms with Crippen LogP contribution in [0.3, 0.4) is 0 Å². The molecule has 0 unspecified atom stereocenters. The number of ether oxygens (including phenoxy) is 1. The van der Waals surface area contributed by atoms with E-state index in [2.05, 4.69) is 43.7 Å². The number of amides is 2. The molecule has 0 aliphatic carbocycles. The largest absolute Gasteiger partial charge is 0.444 e. The van der Waals surface area contributed by atoms with E-state index in [1.54, 1.807) is 18.3 Å². The summed E-state index contributed by atoms with van der Waals surface area (Å²) in [4.78, 5) is 36.1. The van der Waals surface area contributed by atoms with E-state index in [-0.39, 0.29) is 12.0 Å². The lowest BCUT2D eigenvalue weighted by molar-refractivity contribution is -0.118. The lowest BCUT2D eigenvalue weighted by atomic mass is 9.96. The second-order valence-corrected chi connectivity index (χ2v) is 16.2. The molecule has 3 aliphatic rings. The molecule has 11 nitrogen and oxygen atoms in total. The molecule has 0 saturated carbocycles. The number of piperazine rings is 1. The van der Waals surface area contributed by atoms with Gasteiger partial charge in [-0.05, 0) is 91.0 Å². The highest BCUT2D eigenvalue weighted by Crippen LogP contribution is 2.36. The normalized spacial score (nSPS) is 17.2. The van der Waals surface area contributed by atoms with Crippen molar-refractivity contribution in [3.05, 3.63) is 62.5 Å². The van der Waals surface area contributed by atoms with Crippen molar-refractivity contribution in [3.8, 4) is 5.00 Å². The molecule has 2 aromatic heterocycles. The minimum Gasteiger partial charge on any atom is -0.444 e. The molecule has 3 aliphatic heterocycles. The molecule has 50 heavy (non-hydrogen) atoms. The van der Waals surface area contributed by atoms with Crippen LogP contribution in [-0.4, -0.2) is 112 Å². The molecule has 5 heterocycles. The van der Waals surface area contributed by atoms with Gasteiger partial charge in [0.2, 0.25) is 5.91 Å². The third-order valence-electron chi connectivity index (χ3n) is 9.47. The molecule has 2 saturated heterocycles. The molecule has 0 spiro atoms. The number of thiophene rings is 1. The number of fused-ring (bicyclic) bond motifs is 3. The van der Waals surface area contributed by atoms with E-state index < -0.39 is 5.60 Å². The Morgan fingerprint density at radius 1 is 0.980 bits per heavy atom. The maximum Gasteiger partial charge on any atom is 0.410 e. The predicted molar refractivity (Wildman–Crippen MR) is 201 cm³/mol. The Kier molecular flexibility index (Phi) is 12.7. The van der Waals surface area contributed by atoms with Crippen LogP contribution in [0.4, 0.5) is 4.79 Å². The number of likely N-dealkylation sites (tertiary alicyclic amines) is 1.